The van der Waals surface area contributed by atoms with Gasteiger partial charge in [-0.3, -0.25) is 0 Å². The first-order chi connectivity index (χ1) is 23.8. The lowest BCUT2D eigenvalue weighted by Crippen LogP contribution is -2.12. The molecular weight excluding hydrogens is 583 g/mol. The van der Waals surface area contributed by atoms with E-state index in [2.05, 4.69) is 175 Å². The van der Waals surface area contributed by atoms with E-state index in [-0.39, 0.29) is 0 Å². The summed E-state index contributed by atoms with van der Waals surface area (Å²) in [6, 6.07) is 58.5. The van der Waals surface area contributed by atoms with Gasteiger partial charge < -0.3 is 9.32 Å². The van der Waals surface area contributed by atoms with Gasteiger partial charge in [0, 0.05) is 27.7 Å². The van der Waals surface area contributed by atoms with E-state index in [9.17, 15) is 0 Å². The van der Waals surface area contributed by atoms with Gasteiger partial charge in [-0.2, -0.15) is 0 Å². The van der Waals surface area contributed by atoms with Gasteiger partial charge >= 0.3 is 0 Å². The fourth-order valence-electron chi connectivity index (χ4n) is 7.27. The van der Waals surface area contributed by atoms with Crippen molar-refractivity contribution >= 4 is 45.1 Å². The summed E-state index contributed by atoms with van der Waals surface area (Å²) in [5.41, 5.74) is 15.1. The number of fused-ring (bicyclic) bond motifs is 5. The van der Waals surface area contributed by atoms with E-state index >= 15 is 0 Å². The Morgan fingerprint density at radius 2 is 1.04 bits per heavy atom. The Balaban J connectivity index is 1.24. The normalized spacial score (nSPS) is 12.3. The molecule has 0 amide bonds. The molecule has 2 nitrogen and oxygen atoms in total. The van der Waals surface area contributed by atoms with Crippen LogP contribution in [0.25, 0.3) is 61.4 Å². The lowest BCUT2D eigenvalue weighted by molar-refractivity contribution is 0.669. The van der Waals surface area contributed by atoms with Crippen LogP contribution >= 0.6 is 0 Å². The summed E-state index contributed by atoms with van der Waals surface area (Å²) in [7, 11) is 0. The molecule has 48 heavy (non-hydrogen) atoms. The minimum atomic E-state index is 0.928. The monoisotopic (exact) mass is 615 g/mol. The van der Waals surface area contributed by atoms with Crippen LogP contribution in [0.2, 0.25) is 0 Å². The molecule has 1 aliphatic carbocycles. The maximum absolute atomic E-state index is 6.51. The van der Waals surface area contributed by atoms with Gasteiger partial charge in [0.15, 0.2) is 0 Å². The lowest BCUT2D eigenvalue weighted by Gasteiger charge is -2.29. The molecule has 1 aliphatic rings. The van der Waals surface area contributed by atoms with Gasteiger partial charge in [0.05, 0.1) is 5.69 Å². The molecule has 0 spiro atoms. The van der Waals surface area contributed by atoms with Gasteiger partial charge in [0.2, 0.25) is 0 Å². The molecule has 9 rings (SSSR count). The third-order valence-corrected chi connectivity index (χ3v) is 9.56. The summed E-state index contributed by atoms with van der Waals surface area (Å²) in [4.78, 5) is 2.40. The van der Waals surface area contributed by atoms with E-state index in [4.69, 9.17) is 4.42 Å². The van der Waals surface area contributed by atoms with E-state index < -0.39 is 0 Å². The topological polar surface area (TPSA) is 16.4 Å². The van der Waals surface area contributed by atoms with E-state index in [1.807, 2.05) is 6.07 Å². The SMILES string of the molecule is C1=Cc2c(c(-c3ccccc3N(c3ccc(-c4ccccc4)cc3)c3ccc(-c4ccccc4)cc3)cc3oc4ccccc4c23)CC1. The molecule has 0 saturated heterocycles. The molecule has 0 bridgehead atoms. The molecule has 0 unspecified atom stereocenters. The first-order valence-electron chi connectivity index (χ1n) is 16.7. The van der Waals surface area contributed by atoms with Crippen LogP contribution in [0.4, 0.5) is 17.1 Å². The number of benzene rings is 7. The Bertz CT molecular complexity index is 2340. The van der Waals surface area contributed by atoms with Crippen molar-refractivity contribution in [1.82, 2.24) is 0 Å². The molecule has 1 heterocycles. The zero-order valence-electron chi connectivity index (χ0n) is 26.5. The molecule has 228 valence electrons. The number of anilines is 3. The molecular formula is C46H33NO. The van der Waals surface area contributed by atoms with Gasteiger partial charge in [-0.15, -0.1) is 0 Å². The molecule has 0 aliphatic heterocycles. The average molecular weight is 616 g/mol. The van der Waals surface area contributed by atoms with Crippen molar-refractivity contribution in [3.05, 3.63) is 181 Å². The zero-order chi connectivity index (χ0) is 31.9. The number of furan rings is 1. The predicted molar refractivity (Wildman–Crippen MR) is 202 cm³/mol. The first-order valence-corrected chi connectivity index (χ1v) is 16.7. The van der Waals surface area contributed by atoms with Crippen LogP contribution in [0.15, 0.2) is 174 Å². The Labute approximate surface area is 280 Å². The summed E-state index contributed by atoms with van der Waals surface area (Å²) < 4.78 is 6.51. The number of allylic oxidation sites excluding steroid dienone is 1. The Kier molecular flexibility index (Phi) is 6.98. The number of para-hydroxylation sites is 2. The van der Waals surface area contributed by atoms with Crippen LogP contribution in [0.1, 0.15) is 17.5 Å². The maximum Gasteiger partial charge on any atom is 0.136 e. The predicted octanol–water partition coefficient (Wildman–Crippen LogP) is 13.0. The average Bonchev–Trinajstić information content (AvgIpc) is 3.55. The minimum absolute atomic E-state index is 0.928. The third kappa shape index (κ3) is 4.90. The summed E-state index contributed by atoms with van der Waals surface area (Å²) in [6.07, 6.45) is 6.61. The fraction of sp³-hybridized carbons (Fsp3) is 0.0435. The van der Waals surface area contributed by atoms with E-state index in [0.29, 0.717) is 0 Å². The molecule has 0 saturated carbocycles. The van der Waals surface area contributed by atoms with Gasteiger partial charge in [0.25, 0.3) is 0 Å². The van der Waals surface area contributed by atoms with Crippen molar-refractivity contribution in [1.29, 1.82) is 0 Å². The van der Waals surface area contributed by atoms with E-state index in [0.717, 1.165) is 41.1 Å². The molecule has 1 aromatic heterocycles. The highest BCUT2D eigenvalue weighted by atomic mass is 16.3. The Morgan fingerprint density at radius 1 is 0.479 bits per heavy atom. The smallest absolute Gasteiger partial charge is 0.136 e. The van der Waals surface area contributed by atoms with Gasteiger partial charge in [-0.05, 0) is 94.3 Å². The quantitative estimate of drug-likeness (QED) is 0.185. The molecule has 7 aromatic carbocycles. The van der Waals surface area contributed by atoms with Gasteiger partial charge in [-0.1, -0.05) is 133 Å². The van der Waals surface area contributed by atoms with Crippen LogP contribution < -0.4 is 4.90 Å². The van der Waals surface area contributed by atoms with Crippen LogP contribution in [-0.2, 0) is 6.42 Å². The Hall–Kier alpha value is -6.12. The highest BCUT2D eigenvalue weighted by Crippen LogP contribution is 2.46. The fourth-order valence-corrected chi connectivity index (χ4v) is 7.27. The molecule has 0 atom stereocenters. The van der Waals surface area contributed by atoms with Crippen molar-refractivity contribution in [2.24, 2.45) is 0 Å². The van der Waals surface area contributed by atoms with Crippen molar-refractivity contribution in [3.8, 4) is 33.4 Å². The van der Waals surface area contributed by atoms with E-state index in [1.54, 1.807) is 0 Å². The largest absolute Gasteiger partial charge is 0.456 e. The zero-order valence-corrected chi connectivity index (χ0v) is 26.5. The summed E-state index contributed by atoms with van der Waals surface area (Å²) in [6.45, 7) is 0. The van der Waals surface area contributed by atoms with Crippen LogP contribution in [0, 0.1) is 0 Å². The van der Waals surface area contributed by atoms with Crippen LogP contribution in [-0.4, -0.2) is 0 Å². The van der Waals surface area contributed by atoms with Gasteiger partial charge in [0.1, 0.15) is 11.2 Å². The highest BCUT2D eigenvalue weighted by molar-refractivity contribution is 6.12. The molecule has 8 aromatic rings. The Morgan fingerprint density at radius 3 is 1.71 bits per heavy atom. The van der Waals surface area contributed by atoms with Crippen molar-refractivity contribution in [3.63, 3.8) is 0 Å². The third-order valence-electron chi connectivity index (χ3n) is 9.56. The lowest BCUT2D eigenvalue weighted by atomic mass is 9.86. The molecule has 0 radical (unpaired) electrons. The number of hydrogen-bond acceptors (Lipinski definition) is 2. The standard InChI is InChI=1S/C46H33NO/c1-3-13-32(14-4-1)34-23-27-36(28-24-34)47(37-29-25-35(26-30-37)33-15-5-2-6-16-33)43-21-11-9-18-39(43)42-31-45-46(40-19-8-7-17-38(40)42)41-20-10-12-22-44(41)48-45/h1-6,8-16,18-31H,7,17H2. The number of rotatable bonds is 6. The summed E-state index contributed by atoms with van der Waals surface area (Å²) >= 11 is 0. The van der Waals surface area contributed by atoms with Crippen molar-refractivity contribution in [2.45, 2.75) is 12.8 Å². The summed E-state index contributed by atoms with van der Waals surface area (Å²) in [5, 5.41) is 2.39. The summed E-state index contributed by atoms with van der Waals surface area (Å²) in [5.74, 6) is 0. The second-order valence-electron chi connectivity index (χ2n) is 12.4. The minimum Gasteiger partial charge on any atom is -0.456 e. The maximum atomic E-state index is 6.51. The molecule has 2 heteroatoms. The molecule has 0 N–H and O–H groups in total. The number of hydrogen-bond donors (Lipinski definition) is 0. The van der Waals surface area contributed by atoms with Crippen molar-refractivity contribution < 1.29 is 4.42 Å². The van der Waals surface area contributed by atoms with Gasteiger partial charge in [-0.25, -0.2) is 0 Å². The van der Waals surface area contributed by atoms with Crippen molar-refractivity contribution in [2.75, 3.05) is 4.90 Å². The van der Waals surface area contributed by atoms with E-state index in [1.165, 1.54) is 55.3 Å². The second kappa shape index (κ2) is 11.9. The van der Waals surface area contributed by atoms with Crippen LogP contribution in [0.5, 0.6) is 0 Å². The first kappa shape index (κ1) is 28.1. The molecule has 0 fully saturated rings. The number of nitrogens with zero attached hydrogens (tertiary/aromatic N) is 1. The second-order valence-corrected chi connectivity index (χ2v) is 12.4. The van der Waals surface area contributed by atoms with Crippen LogP contribution in [0.3, 0.4) is 0 Å². The highest BCUT2D eigenvalue weighted by Gasteiger charge is 2.23.